The van der Waals surface area contributed by atoms with Crippen molar-refractivity contribution in [3.63, 3.8) is 0 Å². The maximum Gasteiger partial charge on any atom is 0.0713 e. The molecule has 0 aliphatic rings. The Labute approximate surface area is 114 Å². The first kappa shape index (κ1) is 13.7. The zero-order valence-electron chi connectivity index (χ0n) is 11.3. The van der Waals surface area contributed by atoms with Crippen molar-refractivity contribution in [1.82, 2.24) is 10.3 Å². The Morgan fingerprint density at radius 2 is 2.00 bits per heavy atom. The molecule has 1 N–H and O–H groups in total. The molecule has 19 heavy (non-hydrogen) atoms. The molecule has 0 radical (unpaired) electrons. The summed E-state index contributed by atoms with van der Waals surface area (Å²) in [7, 11) is 1.72. The smallest absolute Gasteiger partial charge is 0.0713 e. The Kier molecular flexibility index (Phi) is 5.53. The molecule has 3 heteroatoms. The van der Waals surface area contributed by atoms with Gasteiger partial charge >= 0.3 is 0 Å². The summed E-state index contributed by atoms with van der Waals surface area (Å²) >= 11 is 0. The Balaban J connectivity index is 1.75. The number of hydrogen-bond donors (Lipinski definition) is 1. The van der Waals surface area contributed by atoms with E-state index in [4.69, 9.17) is 4.74 Å². The summed E-state index contributed by atoms with van der Waals surface area (Å²) in [5.41, 5.74) is 3.63. The molecule has 0 atom stereocenters. The molecule has 0 amide bonds. The van der Waals surface area contributed by atoms with Crippen molar-refractivity contribution in [2.75, 3.05) is 13.7 Å². The minimum absolute atomic E-state index is 0.668. The maximum atomic E-state index is 5.14. The molecule has 1 heterocycles. The molecule has 0 aliphatic heterocycles. The number of methoxy groups -OCH3 is 1. The molecule has 0 fully saturated rings. The van der Waals surface area contributed by atoms with Gasteiger partial charge in [0, 0.05) is 38.5 Å². The van der Waals surface area contributed by atoms with Gasteiger partial charge in [0.25, 0.3) is 0 Å². The van der Waals surface area contributed by atoms with E-state index >= 15 is 0 Å². The van der Waals surface area contributed by atoms with Crippen LogP contribution in [0.5, 0.6) is 0 Å². The van der Waals surface area contributed by atoms with Crippen LogP contribution >= 0.6 is 0 Å². The molecule has 100 valence electrons. The monoisotopic (exact) mass is 256 g/mol. The first-order valence-electron chi connectivity index (χ1n) is 6.56. The maximum absolute atomic E-state index is 5.14. The fourth-order valence-electron chi connectivity index (χ4n) is 1.99. The molecule has 2 rings (SSSR count). The number of hydrogen-bond acceptors (Lipinski definition) is 3. The van der Waals surface area contributed by atoms with Crippen LogP contribution in [-0.2, 0) is 24.3 Å². The minimum Gasteiger partial charge on any atom is -0.380 e. The third kappa shape index (κ3) is 4.81. The zero-order valence-corrected chi connectivity index (χ0v) is 11.3. The lowest BCUT2D eigenvalue weighted by molar-refractivity contribution is 0.185. The summed E-state index contributed by atoms with van der Waals surface area (Å²) in [5.74, 6) is 0. The second kappa shape index (κ2) is 7.67. The first-order chi connectivity index (χ1) is 9.38. The predicted octanol–water partition coefficient (Wildman–Crippen LogP) is 2.56. The van der Waals surface area contributed by atoms with E-state index in [2.05, 4.69) is 40.6 Å². The predicted molar refractivity (Wildman–Crippen MR) is 76.8 cm³/mol. The SMILES string of the molecule is COCc1cccc(CNCCc2ccccn2)c1. The number of aromatic nitrogens is 1. The lowest BCUT2D eigenvalue weighted by atomic mass is 10.1. The standard InChI is InChI=1S/C16H20N2O/c1-19-13-15-6-4-5-14(11-15)12-17-10-8-16-7-2-3-9-18-16/h2-7,9,11,17H,8,10,12-13H2,1H3. The Hall–Kier alpha value is -1.71. The molecule has 0 saturated carbocycles. The van der Waals surface area contributed by atoms with E-state index in [1.807, 2.05) is 18.3 Å². The van der Waals surface area contributed by atoms with Crippen molar-refractivity contribution in [1.29, 1.82) is 0 Å². The summed E-state index contributed by atoms with van der Waals surface area (Å²) in [6.45, 7) is 2.48. The molecule has 1 aromatic carbocycles. The Morgan fingerprint density at radius 3 is 2.79 bits per heavy atom. The van der Waals surface area contributed by atoms with E-state index in [-0.39, 0.29) is 0 Å². The van der Waals surface area contributed by atoms with Gasteiger partial charge in [-0.1, -0.05) is 30.3 Å². The van der Waals surface area contributed by atoms with Gasteiger partial charge in [0.2, 0.25) is 0 Å². The average molecular weight is 256 g/mol. The van der Waals surface area contributed by atoms with Gasteiger partial charge in [-0.2, -0.15) is 0 Å². The highest BCUT2D eigenvalue weighted by molar-refractivity contribution is 5.22. The third-order valence-electron chi connectivity index (χ3n) is 2.92. The van der Waals surface area contributed by atoms with Crippen LogP contribution in [0, 0.1) is 0 Å². The summed E-state index contributed by atoms with van der Waals surface area (Å²) in [5, 5.41) is 3.44. The van der Waals surface area contributed by atoms with Crippen LogP contribution in [0.1, 0.15) is 16.8 Å². The highest BCUT2D eigenvalue weighted by Gasteiger charge is 1.97. The first-order valence-corrected chi connectivity index (χ1v) is 6.56. The molecule has 2 aromatic rings. The number of nitrogens with one attached hydrogen (secondary N) is 1. The van der Waals surface area contributed by atoms with Crippen LogP contribution in [0.3, 0.4) is 0 Å². The fourth-order valence-corrected chi connectivity index (χ4v) is 1.99. The van der Waals surface area contributed by atoms with E-state index in [0.29, 0.717) is 6.61 Å². The lowest BCUT2D eigenvalue weighted by Crippen LogP contribution is -2.17. The van der Waals surface area contributed by atoms with Crippen LogP contribution in [0.4, 0.5) is 0 Å². The number of pyridine rings is 1. The van der Waals surface area contributed by atoms with Gasteiger partial charge in [0.15, 0.2) is 0 Å². The number of benzene rings is 1. The summed E-state index contributed by atoms with van der Waals surface area (Å²) in [4.78, 5) is 4.31. The van der Waals surface area contributed by atoms with Gasteiger partial charge in [0.05, 0.1) is 6.61 Å². The number of ether oxygens (including phenoxy) is 1. The summed E-state index contributed by atoms with van der Waals surface area (Å²) in [6.07, 6.45) is 2.79. The van der Waals surface area contributed by atoms with Crippen LogP contribution in [0.2, 0.25) is 0 Å². The van der Waals surface area contributed by atoms with E-state index < -0.39 is 0 Å². The highest BCUT2D eigenvalue weighted by atomic mass is 16.5. The van der Waals surface area contributed by atoms with Crippen molar-refractivity contribution in [3.8, 4) is 0 Å². The van der Waals surface area contributed by atoms with E-state index in [9.17, 15) is 0 Å². The highest BCUT2D eigenvalue weighted by Crippen LogP contribution is 2.06. The van der Waals surface area contributed by atoms with E-state index in [1.54, 1.807) is 7.11 Å². The van der Waals surface area contributed by atoms with Crippen molar-refractivity contribution in [2.24, 2.45) is 0 Å². The molecule has 0 saturated heterocycles. The molecule has 3 nitrogen and oxygen atoms in total. The van der Waals surface area contributed by atoms with Gasteiger partial charge in [-0.3, -0.25) is 4.98 Å². The molecular weight excluding hydrogens is 236 g/mol. The average Bonchev–Trinajstić information content (AvgIpc) is 2.46. The third-order valence-corrected chi connectivity index (χ3v) is 2.92. The van der Waals surface area contributed by atoms with Crippen molar-refractivity contribution < 1.29 is 4.74 Å². The van der Waals surface area contributed by atoms with Gasteiger partial charge in [0.1, 0.15) is 0 Å². The lowest BCUT2D eigenvalue weighted by Gasteiger charge is -2.06. The second-order valence-electron chi connectivity index (χ2n) is 4.50. The molecule has 0 spiro atoms. The second-order valence-corrected chi connectivity index (χ2v) is 4.50. The van der Waals surface area contributed by atoms with Crippen LogP contribution in [0.15, 0.2) is 48.7 Å². The topological polar surface area (TPSA) is 34.1 Å². The fraction of sp³-hybridized carbons (Fsp3) is 0.312. The number of rotatable bonds is 7. The van der Waals surface area contributed by atoms with E-state index in [1.165, 1.54) is 11.1 Å². The zero-order chi connectivity index (χ0) is 13.3. The molecule has 0 unspecified atom stereocenters. The van der Waals surface area contributed by atoms with Crippen molar-refractivity contribution in [2.45, 2.75) is 19.6 Å². The Bertz CT molecular complexity index is 485. The summed E-state index contributed by atoms with van der Waals surface area (Å²) in [6, 6.07) is 14.5. The molecular formula is C16H20N2O. The van der Waals surface area contributed by atoms with Gasteiger partial charge in [-0.25, -0.2) is 0 Å². The molecule has 0 bridgehead atoms. The van der Waals surface area contributed by atoms with Crippen LogP contribution < -0.4 is 5.32 Å². The normalized spacial score (nSPS) is 10.6. The van der Waals surface area contributed by atoms with E-state index in [0.717, 1.165) is 25.2 Å². The van der Waals surface area contributed by atoms with Crippen molar-refractivity contribution in [3.05, 3.63) is 65.5 Å². The van der Waals surface area contributed by atoms with Gasteiger partial charge in [-0.15, -0.1) is 0 Å². The van der Waals surface area contributed by atoms with Crippen molar-refractivity contribution >= 4 is 0 Å². The molecule has 0 aliphatic carbocycles. The number of nitrogens with zero attached hydrogens (tertiary/aromatic N) is 1. The largest absolute Gasteiger partial charge is 0.380 e. The van der Waals surface area contributed by atoms with Gasteiger partial charge in [-0.05, 0) is 23.3 Å². The van der Waals surface area contributed by atoms with Gasteiger partial charge < -0.3 is 10.1 Å². The quantitative estimate of drug-likeness (QED) is 0.773. The molecule has 1 aromatic heterocycles. The summed E-state index contributed by atoms with van der Waals surface area (Å²) < 4.78 is 5.14. The van der Waals surface area contributed by atoms with Crippen LogP contribution in [-0.4, -0.2) is 18.6 Å². The minimum atomic E-state index is 0.668. The van der Waals surface area contributed by atoms with Crippen LogP contribution in [0.25, 0.3) is 0 Å². The Morgan fingerprint density at radius 1 is 1.11 bits per heavy atom.